The third kappa shape index (κ3) is 3.35. The van der Waals surface area contributed by atoms with Gasteiger partial charge in [0.2, 0.25) is 5.91 Å². The summed E-state index contributed by atoms with van der Waals surface area (Å²) >= 11 is 0. The molecule has 0 aliphatic heterocycles. The smallest absolute Gasteiger partial charge is 0.226 e. The number of carbonyl (C=O) groups excluding carboxylic acids is 1. The van der Waals surface area contributed by atoms with Crippen molar-refractivity contribution in [3.05, 3.63) is 11.8 Å². The minimum atomic E-state index is 0.00866. The number of nitrogens with one attached hydrogen (secondary N) is 2. The standard InChI is InChI=1S/C14H24N4O/c1-2-11-9-16-18-13(11)17-12(19)8-14(10-15)6-4-3-5-7-14/h9H,2-8,10,15H2,1H3,(H2,16,17,18,19). The summed E-state index contributed by atoms with van der Waals surface area (Å²) in [4.78, 5) is 12.2. The fraction of sp³-hybridized carbons (Fsp3) is 0.714. The Morgan fingerprint density at radius 3 is 2.84 bits per heavy atom. The summed E-state index contributed by atoms with van der Waals surface area (Å²) < 4.78 is 0. The van der Waals surface area contributed by atoms with E-state index in [1.807, 2.05) is 6.92 Å². The van der Waals surface area contributed by atoms with Gasteiger partial charge in [0.15, 0.2) is 0 Å². The third-order valence-corrected chi connectivity index (χ3v) is 4.25. The Labute approximate surface area is 114 Å². The Balaban J connectivity index is 1.96. The van der Waals surface area contributed by atoms with E-state index in [2.05, 4.69) is 15.5 Å². The molecule has 19 heavy (non-hydrogen) atoms. The van der Waals surface area contributed by atoms with Crippen LogP contribution < -0.4 is 11.1 Å². The van der Waals surface area contributed by atoms with Crippen LogP contribution in [-0.2, 0) is 11.2 Å². The van der Waals surface area contributed by atoms with Crippen molar-refractivity contribution >= 4 is 11.7 Å². The average Bonchev–Trinajstić information content (AvgIpc) is 2.86. The maximum atomic E-state index is 12.2. The number of anilines is 1. The van der Waals surface area contributed by atoms with Crippen molar-refractivity contribution in [2.45, 2.75) is 51.9 Å². The molecule has 0 saturated heterocycles. The molecule has 0 aromatic carbocycles. The molecule has 0 radical (unpaired) electrons. The van der Waals surface area contributed by atoms with E-state index in [4.69, 9.17) is 5.73 Å². The normalized spacial score (nSPS) is 18.2. The predicted molar refractivity (Wildman–Crippen MR) is 75.8 cm³/mol. The molecule has 1 amide bonds. The molecule has 0 unspecified atom stereocenters. The van der Waals surface area contributed by atoms with Gasteiger partial charge in [-0.1, -0.05) is 26.2 Å². The molecule has 1 saturated carbocycles. The van der Waals surface area contributed by atoms with Crippen LogP contribution >= 0.6 is 0 Å². The molecule has 5 heteroatoms. The van der Waals surface area contributed by atoms with E-state index < -0.39 is 0 Å². The summed E-state index contributed by atoms with van der Waals surface area (Å²) in [6.07, 6.45) is 8.92. The van der Waals surface area contributed by atoms with Crippen molar-refractivity contribution in [3.8, 4) is 0 Å². The fourth-order valence-electron chi connectivity index (χ4n) is 2.97. The van der Waals surface area contributed by atoms with E-state index in [0.717, 1.165) is 30.6 Å². The van der Waals surface area contributed by atoms with E-state index in [-0.39, 0.29) is 11.3 Å². The van der Waals surface area contributed by atoms with Gasteiger partial charge in [0.25, 0.3) is 0 Å². The van der Waals surface area contributed by atoms with E-state index >= 15 is 0 Å². The van der Waals surface area contributed by atoms with Crippen LogP contribution in [0.3, 0.4) is 0 Å². The first-order valence-corrected chi connectivity index (χ1v) is 7.21. The van der Waals surface area contributed by atoms with Gasteiger partial charge in [-0.15, -0.1) is 0 Å². The minimum Gasteiger partial charge on any atom is -0.330 e. The zero-order valence-corrected chi connectivity index (χ0v) is 11.7. The lowest BCUT2D eigenvalue weighted by atomic mass is 9.71. The second-order valence-corrected chi connectivity index (χ2v) is 5.61. The van der Waals surface area contributed by atoms with E-state index in [0.29, 0.717) is 13.0 Å². The summed E-state index contributed by atoms with van der Waals surface area (Å²) in [6, 6.07) is 0. The van der Waals surface area contributed by atoms with Crippen LogP contribution in [0.2, 0.25) is 0 Å². The first kappa shape index (κ1) is 14.1. The van der Waals surface area contributed by atoms with Gasteiger partial charge in [0.1, 0.15) is 5.82 Å². The molecule has 2 rings (SSSR count). The van der Waals surface area contributed by atoms with Gasteiger partial charge in [0.05, 0.1) is 6.20 Å². The highest BCUT2D eigenvalue weighted by Crippen LogP contribution is 2.38. The molecule has 5 nitrogen and oxygen atoms in total. The van der Waals surface area contributed by atoms with Crippen molar-refractivity contribution in [1.29, 1.82) is 0 Å². The maximum Gasteiger partial charge on any atom is 0.226 e. The molecular formula is C14H24N4O. The number of carbonyl (C=O) groups is 1. The topological polar surface area (TPSA) is 83.8 Å². The van der Waals surface area contributed by atoms with Gasteiger partial charge in [-0.05, 0) is 31.2 Å². The second-order valence-electron chi connectivity index (χ2n) is 5.61. The number of aryl methyl sites for hydroxylation is 1. The quantitative estimate of drug-likeness (QED) is 0.762. The number of hydrogen-bond donors (Lipinski definition) is 3. The van der Waals surface area contributed by atoms with E-state index in [1.54, 1.807) is 6.20 Å². The van der Waals surface area contributed by atoms with Crippen molar-refractivity contribution < 1.29 is 4.79 Å². The highest BCUT2D eigenvalue weighted by molar-refractivity contribution is 5.90. The highest BCUT2D eigenvalue weighted by Gasteiger charge is 2.33. The van der Waals surface area contributed by atoms with Gasteiger partial charge < -0.3 is 11.1 Å². The molecular weight excluding hydrogens is 240 g/mol. The van der Waals surface area contributed by atoms with Crippen LogP contribution in [0, 0.1) is 5.41 Å². The molecule has 0 atom stereocenters. The number of nitrogens with zero attached hydrogens (tertiary/aromatic N) is 1. The van der Waals surface area contributed by atoms with Crippen LogP contribution in [0.25, 0.3) is 0 Å². The van der Waals surface area contributed by atoms with Gasteiger partial charge in [-0.3, -0.25) is 9.89 Å². The van der Waals surface area contributed by atoms with Crippen LogP contribution in [0.4, 0.5) is 5.82 Å². The van der Waals surface area contributed by atoms with Crippen LogP contribution in [0.5, 0.6) is 0 Å². The molecule has 0 spiro atoms. The minimum absolute atomic E-state index is 0.00866. The van der Waals surface area contributed by atoms with Crippen molar-refractivity contribution in [3.63, 3.8) is 0 Å². The van der Waals surface area contributed by atoms with E-state index in [9.17, 15) is 4.79 Å². The van der Waals surface area contributed by atoms with Crippen molar-refractivity contribution in [1.82, 2.24) is 10.2 Å². The van der Waals surface area contributed by atoms with Crippen molar-refractivity contribution in [2.75, 3.05) is 11.9 Å². The first-order chi connectivity index (χ1) is 9.19. The zero-order valence-electron chi connectivity index (χ0n) is 11.7. The Bertz CT molecular complexity index is 421. The van der Waals surface area contributed by atoms with Gasteiger partial charge in [0, 0.05) is 12.0 Å². The maximum absolute atomic E-state index is 12.2. The largest absolute Gasteiger partial charge is 0.330 e. The SMILES string of the molecule is CCc1cn[nH]c1NC(=O)CC1(CN)CCCCC1. The predicted octanol–water partition coefficient (Wildman–Crippen LogP) is 2.21. The number of nitrogens with two attached hydrogens (primary N) is 1. The van der Waals surface area contributed by atoms with Gasteiger partial charge in [-0.2, -0.15) is 5.10 Å². The monoisotopic (exact) mass is 264 g/mol. The summed E-state index contributed by atoms with van der Waals surface area (Å²) in [5.74, 6) is 0.779. The molecule has 1 aliphatic rings. The summed E-state index contributed by atoms with van der Waals surface area (Å²) in [7, 11) is 0. The summed E-state index contributed by atoms with van der Waals surface area (Å²) in [5.41, 5.74) is 6.97. The fourth-order valence-corrected chi connectivity index (χ4v) is 2.97. The van der Waals surface area contributed by atoms with Crippen molar-refractivity contribution in [2.24, 2.45) is 11.1 Å². The van der Waals surface area contributed by atoms with Crippen LogP contribution in [0.1, 0.15) is 51.0 Å². The molecule has 4 N–H and O–H groups in total. The van der Waals surface area contributed by atoms with Gasteiger partial charge in [-0.25, -0.2) is 0 Å². The molecule has 0 bridgehead atoms. The second kappa shape index (κ2) is 6.19. The molecule has 1 aliphatic carbocycles. The Kier molecular flexibility index (Phi) is 4.58. The lowest BCUT2D eigenvalue weighted by molar-refractivity contribution is -0.118. The lowest BCUT2D eigenvalue weighted by Crippen LogP contribution is -2.36. The van der Waals surface area contributed by atoms with Gasteiger partial charge >= 0.3 is 0 Å². The average molecular weight is 264 g/mol. The Morgan fingerprint density at radius 1 is 1.47 bits per heavy atom. The number of hydrogen-bond acceptors (Lipinski definition) is 3. The number of H-pyrrole nitrogens is 1. The van der Waals surface area contributed by atoms with Crippen LogP contribution in [0.15, 0.2) is 6.20 Å². The number of aromatic nitrogens is 2. The number of aromatic amines is 1. The highest BCUT2D eigenvalue weighted by atomic mass is 16.1. The summed E-state index contributed by atoms with van der Waals surface area (Å²) in [6.45, 7) is 2.65. The van der Waals surface area contributed by atoms with E-state index in [1.165, 1.54) is 19.3 Å². The first-order valence-electron chi connectivity index (χ1n) is 7.21. The number of rotatable bonds is 5. The zero-order chi connectivity index (χ0) is 13.7. The lowest BCUT2D eigenvalue weighted by Gasteiger charge is -2.35. The Morgan fingerprint density at radius 2 is 2.21 bits per heavy atom. The molecule has 1 fully saturated rings. The molecule has 106 valence electrons. The Hall–Kier alpha value is -1.36. The molecule has 1 aromatic rings. The molecule has 1 aromatic heterocycles. The molecule has 1 heterocycles. The summed E-state index contributed by atoms with van der Waals surface area (Å²) in [5, 5.41) is 9.74. The van der Waals surface area contributed by atoms with Crippen LogP contribution in [-0.4, -0.2) is 22.6 Å². The third-order valence-electron chi connectivity index (χ3n) is 4.25. The number of amides is 1.